The van der Waals surface area contributed by atoms with Gasteiger partial charge in [-0.2, -0.15) is 0 Å². The SMILES string of the molecule is CCc1ccc(NC(=O)c2cc3ccccc3n2Cc2ccccc2F)cc1S(N)(=O)=O. The topological polar surface area (TPSA) is 94.2 Å². The van der Waals surface area contributed by atoms with Crippen molar-refractivity contribution >= 4 is 32.5 Å². The van der Waals surface area contributed by atoms with E-state index in [9.17, 15) is 17.6 Å². The van der Waals surface area contributed by atoms with Gasteiger partial charge < -0.3 is 9.88 Å². The van der Waals surface area contributed by atoms with Crippen molar-refractivity contribution < 1.29 is 17.6 Å². The number of nitrogens with two attached hydrogens (primary N) is 1. The predicted octanol–water partition coefficient (Wildman–Crippen LogP) is 4.29. The standard InChI is InChI=1S/C24H22FN3O3S/c1-2-16-11-12-19(14-23(16)32(26,30)31)27-24(29)22-13-17-7-4-6-10-21(17)28(22)15-18-8-3-5-9-20(18)25/h3-14H,2,15H2,1H3,(H,27,29)(H2,26,30,31). The second kappa shape index (κ2) is 8.57. The van der Waals surface area contributed by atoms with Crippen molar-refractivity contribution in [2.75, 3.05) is 5.32 Å². The number of anilines is 1. The van der Waals surface area contributed by atoms with Crippen LogP contribution in [0.2, 0.25) is 0 Å². The van der Waals surface area contributed by atoms with Gasteiger partial charge in [-0.15, -0.1) is 0 Å². The monoisotopic (exact) mass is 451 g/mol. The Morgan fingerprint density at radius 1 is 1.00 bits per heavy atom. The fourth-order valence-corrected chi connectivity index (χ4v) is 4.62. The second-order valence-corrected chi connectivity index (χ2v) is 8.97. The third kappa shape index (κ3) is 4.28. The Bertz CT molecular complexity index is 1430. The molecule has 1 amide bonds. The van der Waals surface area contributed by atoms with E-state index in [-0.39, 0.29) is 17.3 Å². The summed E-state index contributed by atoms with van der Waals surface area (Å²) >= 11 is 0. The molecule has 4 aromatic rings. The number of aromatic nitrogens is 1. The molecule has 0 atom stereocenters. The summed E-state index contributed by atoms with van der Waals surface area (Å²) in [7, 11) is -3.94. The van der Waals surface area contributed by atoms with E-state index >= 15 is 0 Å². The van der Waals surface area contributed by atoms with Crippen molar-refractivity contribution in [3.05, 3.63) is 95.4 Å². The van der Waals surface area contributed by atoms with E-state index in [0.717, 1.165) is 10.9 Å². The maximum Gasteiger partial charge on any atom is 0.272 e. The molecular weight excluding hydrogens is 429 g/mol. The Kier molecular flexibility index (Phi) is 5.82. The smallest absolute Gasteiger partial charge is 0.272 e. The van der Waals surface area contributed by atoms with Crippen LogP contribution in [0.4, 0.5) is 10.1 Å². The predicted molar refractivity (Wildman–Crippen MR) is 123 cm³/mol. The van der Waals surface area contributed by atoms with Gasteiger partial charge in [0.15, 0.2) is 0 Å². The molecule has 0 aliphatic carbocycles. The summed E-state index contributed by atoms with van der Waals surface area (Å²) in [5.74, 6) is -0.799. The Morgan fingerprint density at radius 3 is 2.44 bits per heavy atom. The number of benzene rings is 3. The summed E-state index contributed by atoms with van der Waals surface area (Å²) in [6, 6.07) is 20.2. The normalized spacial score (nSPS) is 11.6. The van der Waals surface area contributed by atoms with Crippen molar-refractivity contribution in [3.63, 3.8) is 0 Å². The highest BCUT2D eigenvalue weighted by atomic mass is 32.2. The summed E-state index contributed by atoms with van der Waals surface area (Å²) in [5, 5.41) is 8.92. The van der Waals surface area contributed by atoms with Crippen LogP contribution in [0.3, 0.4) is 0 Å². The van der Waals surface area contributed by atoms with Crippen molar-refractivity contribution in [1.29, 1.82) is 0 Å². The number of halogens is 1. The van der Waals surface area contributed by atoms with E-state index in [1.165, 1.54) is 12.1 Å². The number of hydrogen-bond acceptors (Lipinski definition) is 3. The van der Waals surface area contributed by atoms with Crippen LogP contribution in [-0.2, 0) is 23.0 Å². The lowest BCUT2D eigenvalue weighted by molar-refractivity contribution is 0.101. The van der Waals surface area contributed by atoms with Gasteiger partial charge in [-0.25, -0.2) is 17.9 Å². The quantitative estimate of drug-likeness (QED) is 0.458. The number of nitrogens with zero attached hydrogens (tertiary/aromatic N) is 1. The molecular formula is C24H22FN3O3S. The lowest BCUT2D eigenvalue weighted by Crippen LogP contribution is -2.19. The van der Waals surface area contributed by atoms with Crippen LogP contribution in [0.15, 0.2) is 77.7 Å². The molecule has 164 valence electrons. The van der Waals surface area contributed by atoms with Crippen LogP contribution in [0.25, 0.3) is 10.9 Å². The molecule has 1 aromatic heterocycles. The van der Waals surface area contributed by atoms with E-state index in [0.29, 0.717) is 28.9 Å². The lowest BCUT2D eigenvalue weighted by Gasteiger charge is -2.13. The summed E-state index contributed by atoms with van der Waals surface area (Å²) in [5.41, 5.74) is 2.43. The van der Waals surface area contributed by atoms with E-state index in [2.05, 4.69) is 5.32 Å². The Hall–Kier alpha value is -3.49. The van der Waals surface area contributed by atoms with Crippen LogP contribution < -0.4 is 10.5 Å². The van der Waals surface area contributed by atoms with Crippen LogP contribution in [0, 0.1) is 5.82 Å². The lowest BCUT2D eigenvalue weighted by atomic mass is 10.1. The number of aryl methyl sites for hydroxylation is 1. The minimum atomic E-state index is -3.94. The van der Waals surface area contributed by atoms with Gasteiger partial charge in [-0.05, 0) is 42.3 Å². The number of carbonyl (C=O) groups is 1. The molecule has 0 aliphatic heterocycles. The molecule has 3 aromatic carbocycles. The van der Waals surface area contributed by atoms with Crippen LogP contribution in [-0.4, -0.2) is 18.9 Å². The number of primary sulfonamides is 1. The molecule has 6 nitrogen and oxygen atoms in total. The molecule has 0 radical (unpaired) electrons. The molecule has 1 heterocycles. The average molecular weight is 452 g/mol. The van der Waals surface area contributed by atoms with Crippen molar-refractivity contribution in [3.8, 4) is 0 Å². The minimum Gasteiger partial charge on any atom is -0.332 e. The number of rotatable bonds is 6. The third-order valence-electron chi connectivity index (χ3n) is 5.34. The number of amides is 1. The first kappa shape index (κ1) is 21.7. The fourth-order valence-electron chi connectivity index (χ4n) is 3.75. The molecule has 0 saturated carbocycles. The molecule has 0 saturated heterocycles. The third-order valence-corrected chi connectivity index (χ3v) is 6.34. The van der Waals surface area contributed by atoms with Crippen molar-refractivity contribution in [2.24, 2.45) is 5.14 Å². The van der Waals surface area contributed by atoms with Gasteiger partial charge in [0, 0.05) is 22.2 Å². The number of fused-ring (bicyclic) bond motifs is 1. The van der Waals surface area contributed by atoms with Gasteiger partial charge in [-0.3, -0.25) is 4.79 Å². The zero-order valence-corrected chi connectivity index (χ0v) is 18.2. The molecule has 0 unspecified atom stereocenters. The first-order chi connectivity index (χ1) is 15.3. The minimum absolute atomic E-state index is 0.0234. The zero-order chi connectivity index (χ0) is 22.9. The van der Waals surface area contributed by atoms with E-state index < -0.39 is 15.9 Å². The number of sulfonamides is 1. The number of nitrogens with one attached hydrogen (secondary N) is 1. The number of para-hydroxylation sites is 1. The van der Waals surface area contributed by atoms with Gasteiger partial charge in [0.2, 0.25) is 10.0 Å². The van der Waals surface area contributed by atoms with Crippen LogP contribution in [0.1, 0.15) is 28.5 Å². The maximum atomic E-state index is 14.3. The summed E-state index contributed by atoms with van der Waals surface area (Å²) in [6.07, 6.45) is 0.483. The van der Waals surface area contributed by atoms with Gasteiger partial charge >= 0.3 is 0 Å². The molecule has 8 heteroatoms. The highest BCUT2D eigenvalue weighted by Crippen LogP contribution is 2.25. The zero-order valence-electron chi connectivity index (χ0n) is 17.4. The Labute approximate surface area is 185 Å². The van der Waals surface area contributed by atoms with Crippen LogP contribution in [0.5, 0.6) is 0 Å². The van der Waals surface area contributed by atoms with Gasteiger partial charge in [0.25, 0.3) is 5.91 Å². The van der Waals surface area contributed by atoms with Gasteiger partial charge in [-0.1, -0.05) is 49.4 Å². The fraction of sp³-hybridized carbons (Fsp3) is 0.125. The number of hydrogen-bond donors (Lipinski definition) is 2. The van der Waals surface area contributed by atoms with E-state index in [1.54, 1.807) is 41.0 Å². The van der Waals surface area contributed by atoms with Crippen molar-refractivity contribution in [2.45, 2.75) is 24.8 Å². The Morgan fingerprint density at radius 2 is 1.72 bits per heavy atom. The summed E-state index contributed by atoms with van der Waals surface area (Å²) in [6.45, 7) is 1.99. The largest absolute Gasteiger partial charge is 0.332 e. The molecule has 0 bridgehead atoms. The van der Waals surface area contributed by atoms with E-state index in [4.69, 9.17) is 5.14 Å². The average Bonchev–Trinajstić information content (AvgIpc) is 3.13. The van der Waals surface area contributed by atoms with E-state index in [1.807, 2.05) is 31.2 Å². The van der Waals surface area contributed by atoms with Gasteiger partial charge in [0.05, 0.1) is 11.4 Å². The highest BCUT2D eigenvalue weighted by molar-refractivity contribution is 7.89. The first-order valence-electron chi connectivity index (χ1n) is 10.1. The molecule has 0 spiro atoms. The molecule has 0 fully saturated rings. The Balaban J connectivity index is 1.74. The number of carbonyl (C=O) groups excluding carboxylic acids is 1. The first-order valence-corrected chi connectivity index (χ1v) is 11.6. The van der Waals surface area contributed by atoms with Crippen LogP contribution >= 0.6 is 0 Å². The summed E-state index contributed by atoms with van der Waals surface area (Å²) < 4.78 is 40.0. The summed E-state index contributed by atoms with van der Waals surface area (Å²) in [4.78, 5) is 13.2. The maximum absolute atomic E-state index is 14.3. The van der Waals surface area contributed by atoms with Gasteiger partial charge in [0.1, 0.15) is 11.5 Å². The second-order valence-electron chi connectivity index (χ2n) is 7.44. The molecule has 0 aliphatic rings. The molecule has 4 rings (SSSR count). The highest BCUT2D eigenvalue weighted by Gasteiger charge is 2.19. The molecule has 3 N–H and O–H groups in total. The molecule has 32 heavy (non-hydrogen) atoms. The van der Waals surface area contributed by atoms with Crippen molar-refractivity contribution in [1.82, 2.24) is 4.57 Å².